The molecule has 0 spiro atoms. The zero-order chi connectivity index (χ0) is 30.4. The number of hydrogen-bond acceptors (Lipinski definition) is 7. The van der Waals surface area contributed by atoms with Crippen molar-refractivity contribution < 1.29 is 28.5 Å². The number of likely N-dealkylation sites (tertiary alicyclic amines) is 1. The van der Waals surface area contributed by atoms with E-state index in [4.69, 9.17) is 23.7 Å². The SMILES string of the molecule is COc1ccc(N(CC2=CC(C)CC(c3cc(OC)c(OC)c(OC)c3)=C2)C2CCN(C(=O)OC(C)(C)C)CC2)cc1. The summed E-state index contributed by atoms with van der Waals surface area (Å²) in [7, 11) is 6.59. The number of carbonyl (C=O) groups excluding carboxylic acids is 1. The first-order valence-corrected chi connectivity index (χ1v) is 14.7. The number of ether oxygens (including phenoxy) is 5. The van der Waals surface area contributed by atoms with Crippen molar-refractivity contribution >= 4 is 17.4 Å². The van der Waals surface area contributed by atoms with Gasteiger partial charge in [-0.05, 0) is 99.1 Å². The maximum atomic E-state index is 12.7. The van der Waals surface area contributed by atoms with Gasteiger partial charge in [0.1, 0.15) is 11.4 Å². The molecule has 0 N–H and O–H groups in total. The lowest BCUT2D eigenvalue weighted by molar-refractivity contribution is 0.0205. The number of piperidine rings is 1. The molecule has 1 aliphatic heterocycles. The van der Waals surface area contributed by atoms with E-state index < -0.39 is 5.60 Å². The summed E-state index contributed by atoms with van der Waals surface area (Å²) in [6, 6.07) is 12.6. The van der Waals surface area contributed by atoms with Crippen molar-refractivity contribution in [2.75, 3.05) is 53.0 Å². The Kier molecular flexibility index (Phi) is 9.97. The second-order valence-electron chi connectivity index (χ2n) is 12.0. The van der Waals surface area contributed by atoms with Crippen molar-refractivity contribution in [3.8, 4) is 23.0 Å². The second kappa shape index (κ2) is 13.4. The molecule has 0 saturated carbocycles. The van der Waals surface area contributed by atoms with Gasteiger partial charge >= 0.3 is 6.09 Å². The third kappa shape index (κ3) is 7.52. The van der Waals surface area contributed by atoms with Gasteiger partial charge in [0.15, 0.2) is 11.5 Å². The van der Waals surface area contributed by atoms with Crippen molar-refractivity contribution in [2.24, 2.45) is 5.92 Å². The smallest absolute Gasteiger partial charge is 0.410 e. The van der Waals surface area contributed by atoms with Crippen LogP contribution in [0, 0.1) is 5.92 Å². The predicted octanol–water partition coefficient (Wildman–Crippen LogP) is 6.98. The van der Waals surface area contributed by atoms with Gasteiger partial charge in [0.25, 0.3) is 0 Å². The molecule has 1 fully saturated rings. The highest BCUT2D eigenvalue weighted by Gasteiger charge is 2.30. The number of allylic oxidation sites excluding steroid dienone is 2. The van der Waals surface area contributed by atoms with E-state index in [0.29, 0.717) is 36.3 Å². The highest BCUT2D eigenvalue weighted by atomic mass is 16.6. The molecule has 4 rings (SSSR count). The maximum Gasteiger partial charge on any atom is 0.410 e. The lowest BCUT2D eigenvalue weighted by Crippen LogP contribution is -2.48. The fourth-order valence-electron chi connectivity index (χ4n) is 5.76. The van der Waals surface area contributed by atoms with Gasteiger partial charge in [-0.2, -0.15) is 0 Å². The molecule has 0 aromatic heterocycles. The summed E-state index contributed by atoms with van der Waals surface area (Å²) in [5.41, 5.74) is 4.17. The van der Waals surface area contributed by atoms with Crippen molar-refractivity contribution in [1.82, 2.24) is 4.90 Å². The summed E-state index contributed by atoms with van der Waals surface area (Å²) in [6.07, 6.45) is 7.06. The first-order chi connectivity index (χ1) is 20.0. The van der Waals surface area contributed by atoms with Gasteiger partial charge in [0, 0.05) is 31.4 Å². The molecule has 0 radical (unpaired) electrons. The number of hydrogen-bond donors (Lipinski definition) is 0. The van der Waals surface area contributed by atoms with Gasteiger partial charge in [-0.25, -0.2) is 4.79 Å². The number of benzene rings is 2. The molecule has 42 heavy (non-hydrogen) atoms. The molecule has 8 nitrogen and oxygen atoms in total. The Bertz CT molecular complexity index is 1260. The first kappa shape index (κ1) is 31.1. The Hall–Kier alpha value is -3.81. The van der Waals surface area contributed by atoms with Crippen LogP contribution in [0.25, 0.3) is 5.57 Å². The van der Waals surface area contributed by atoms with Gasteiger partial charge in [-0.3, -0.25) is 0 Å². The van der Waals surface area contributed by atoms with Crippen LogP contribution in [-0.4, -0.2) is 70.7 Å². The predicted molar refractivity (Wildman–Crippen MR) is 167 cm³/mol. The Labute approximate surface area is 250 Å². The van der Waals surface area contributed by atoms with E-state index in [2.05, 4.69) is 36.1 Å². The largest absolute Gasteiger partial charge is 0.497 e. The lowest BCUT2D eigenvalue weighted by Gasteiger charge is -2.40. The Balaban J connectivity index is 1.60. The Morgan fingerprint density at radius 2 is 1.55 bits per heavy atom. The molecular weight excluding hydrogens is 532 g/mol. The minimum Gasteiger partial charge on any atom is -0.497 e. The maximum absolute atomic E-state index is 12.7. The number of nitrogens with zero attached hydrogens (tertiary/aromatic N) is 2. The molecule has 1 heterocycles. The monoisotopic (exact) mass is 578 g/mol. The zero-order valence-corrected chi connectivity index (χ0v) is 26.4. The molecule has 228 valence electrons. The first-order valence-electron chi connectivity index (χ1n) is 14.7. The van der Waals surface area contributed by atoms with Crippen molar-refractivity contribution in [2.45, 2.75) is 58.6 Å². The van der Waals surface area contributed by atoms with Crippen LogP contribution in [0.3, 0.4) is 0 Å². The van der Waals surface area contributed by atoms with Crippen molar-refractivity contribution in [3.05, 3.63) is 59.7 Å². The third-order valence-electron chi connectivity index (χ3n) is 7.75. The van der Waals surface area contributed by atoms with Crippen LogP contribution < -0.4 is 23.8 Å². The van der Waals surface area contributed by atoms with Gasteiger partial charge in [-0.15, -0.1) is 0 Å². The van der Waals surface area contributed by atoms with Crippen LogP contribution >= 0.6 is 0 Å². The average molecular weight is 579 g/mol. The minimum atomic E-state index is -0.505. The second-order valence-corrected chi connectivity index (χ2v) is 12.0. The Morgan fingerprint density at radius 3 is 2.07 bits per heavy atom. The van der Waals surface area contributed by atoms with Crippen LogP contribution in [0.15, 0.2) is 54.1 Å². The van der Waals surface area contributed by atoms with Gasteiger partial charge in [-0.1, -0.05) is 19.1 Å². The summed E-state index contributed by atoms with van der Waals surface area (Å²) < 4.78 is 27.9. The minimum absolute atomic E-state index is 0.237. The topological polar surface area (TPSA) is 69.7 Å². The molecule has 1 atom stereocenters. The molecule has 1 unspecified atom stereocenters. The van der Waals surface area contributed by atoms with Gasteiger partial charge < -0.3 is 33.5 Å². The third-order valence-corrected chi connectivity index (χ3v) is 7.75. The van der Waals surface area contributed by atoms with Crippen LogP contribution in [0.4, 0.5) is 10.5 Å². The Morgan fingerprint density at radius 1 is 0.929 bits per heavy atom. The summed E-state index contributed by atoms with van der Waals surface area (Å²) in [6.45, 7) is 10.0. The van der Waals surface area contributed by atoms with Gasteiger partial charge in [0.2, 0.25) is 5.75 Å². The highest BCUT2D eigenvalue weighted by molar-refractivity contribution is 5.74. The fraction of sp³-hybridized carbons (Fsp3) is 0.500. The summed E-state index contributed by atoms with van der Waals surface area (Å²) >= 11 is 0. The normalized spacial score (nSPS) is 17.6. The van der Waals surface area contributed by atoms with E-state index in [1.54, 1.807) is 28.4 Å². The summed E-state index contributed by atoms with van der Waals surface area (Å²) in [5, 5.41) is 0. The highest BCUT2D eigenvalue weighted by Crippen LogP contribution is 2.42. The van der Waals surface area contributed by atoms with Crippen LogP contribution in [-0.2, 0) is 4.74 Å². The fourth-order valence-corrected chi connectivity index (χ4v) is 5.76. The van der Waals surface area contributed by atoms with Crippen LogP contribution in [0.5, 0.6) is 23.0 Å². The number of anilines is 1. The van der Waals surface area contributed by atoms with Crippen LogP contribution in [0.2, 0.25) is 0 Å². The summed E-state index contributed by atoms with van der Waals surface area (Å²) in [5.74, 6) is 3.08. The van der Waals surface area contributed by atoms with E-state index in [-0.39, 0.29) is 12.1 Å². The molecule has 2 aromatic carbocycles. The molecule has 1 amide bonds. The zero-order valence-electron chi connectivity index (χ0n) is 26.4. The number of carbonyl (C=O) groups is 1. The van der Waals surface area contributed by atoms with E-state index in [1.807, 2.05) is 49.9 Å². The molecule has 1 saturated heterocycles. The molecule has 1 aliphatic carbocycles. The lowest BCUT2D eigenvalue weighted by atomic mass is 9.87. The number of rotatable bonds is 9. The quantitative estimate of drug-likeness (QED) is 0.318. The van der Waals surface area contributed by atoms with Crippen molar-refractivity contribution in [1.29, 1.82) is 0 Å². The number of amides is 1. The molecule has 2 aliphatic rings. The van der Waals surface area contributed by atoms with Gasteiger partial charge in [0.05, 0.1) is 28.4 Å². The average Bonchev–Trinajstić information content (AvgIpc) is 2.98. The molecular formula is C34H46N2O6. The molecule has 8 heteroatoms. The van der Waals surface area contributed by atoms with Crippen molar-refractivity contribution in [3.63, 3.8) is 0 Å². The number of methoxy groups -OCH3 is 4. The summed E-state index contributed by atoms with van der Waals surface area (Å²) in [4.78, 5) is 17.0. The van der Waals surface area contributed by atoms with E-state index in [0.717, 1.165) is 42.8 Å². The van der Waals surface area contributed by atoms with E-state index in [1.165, 1.54) is 11.1 Å². The molecule has 0 bridgehead atoms. The van der Waals surface area contributed by atoms with Crippen LogP contribution in [0.1, 0.15) is 52.5 Å². The van der Waals surface area contributed by atoms with E-state index >= 15 is 0 Å². The van der Waals surface area contributed by atoms with E-state index in [9.17, 15) is 4.79 Å². The standard InChI is InChI=1S/C34H46N2O6/c1-23-17-24(19-25(18-23)26-20-30(39-6)32(41-8)31(21-26)40-7)22-36(27-9-11-29(38-5)12-10-27)28-13-15-35(16-14-28)33(37)42-34(2,3)4/h9-12,17,19-21,23,28H,13-16,18,22H2,1-8H3. The molecule has 2 aromatic rings.